The fourth-order valence-electron chi connectivity index (χ4n) is 1.17. The summed E-state index contributed by atoms with van der Waals surface area (Å²) in [6.07, 6.45) is 1.56. The summed E-state index contributed by atoms with van der Waals surface area (Å²) >= 11 is 0. The lowest BCUT2D eigenvalue weighted by Crippen LogP contribution is -2.01. The van der Waals surface area contributed by atoms with Crippen molar-refractivity contribution < 1.29 is 4.52 Å². The van der Waals surface area contributed by atoms with E-state index in [9.17, 15) is 4.79 Å². The number of nitrogens with one attached hydrogen (secondary N) is 1. The molecule has 5 heteroatoms. The largest absolute Gasteiger partial charge is 0.381 e. The molecule has 0 saturated carbocycles. The van der Waals surface area contributed by atoms with Crippen LogP contribution >= 0.6 is 0 Å². The normalized spacial score (nSPS) is 10.4. The van der Waals surface area contributed by atoms with Crippen LogP contribution in [0.2, 0.25) is 0 Å². The van der Waals surface area contributed by atoms with Crippen molar-refractivity contribution in [2.45, 2.75) is 6.92 Å². The predicted molar refractivity (Wildman–Crippen MR) is 51.7 cm³/mol. The third-order valence-corrected chi connectivity index (χ3v) is 2.01. The Labute approximate surface area is 79.5 Å². The van der Waals surface area contributed by atoms with Gasteiger partial charge in [0.1, 0.15) is 0 Å². The van der Waals surface area contributed by atoms with Crippen molar-refractivity contribution in [3.8, 4) is 11.3 Å². The molecular formula is C9H9N3O2. The van der Waals surface area contributed by atoms with Crippen molar-refractivity contribution in [2.24, 2.45) is 0 Å². The monoisotopic (exact) mass is 191 g/mol. The number of pyridine rings is 1. The molecule has 0 aromatic carbocycles. The number of aromatic nitrogens is 2. The van der Waals surface area contributed by atoms with Gasteiger partial charge in [0.25, 0.3) is 0 Å². The maximum Gasteiger partial charge on any atom is 0.247 e. The van der Waals surface area contributed by atoms with Crippen molar-refractivity contribution in [1.29, 1.82) is 0 Å². The van der Waals surface area contributed by atoms with Crippen molar-refractivity contribution in [2.75, 3.05) is 5.73 Å². The lowest BCUT2D eigenvalue weighted by atomic mass is 10.1. The van der Waals surface area contributed by atoms with Gasteiger partial charge in [-0.25, -0.2) is 0 Å². The number of hydrogen-bond donors (Lipinski definition) is 2. The van der Waals surface area contributed by atoms with Crippen LogP contribution in [0.3, 0.4) is 0 Å². The van der Waals surface area contributed by atoms with Crippen LogP contribution in [0.5, 0.6) is 0 Å². The van der Waals surface area contributed by atoms with Crippen LogP contribution in [0.1, 0.15) is 5.56 Å². The summed E-state index contributed by atoms with van der Waals surface area (Å²) in [6.45, 7) is 1.81. The zero-order valence-corrected chi connectivity index (χ0v) is 7.57. The molecule has 0 radical (unpaired) electrons. The number of aromatic amines is 1. The standard InChI is InChI=1S/C9H9N3O2/c1-5-8(14-12-9(5)10)6-2-3-7(13)11-4-6/h2-4H,1H3,(H2,10,12)(H,11,13). The minimum Gasteiger partial charge on any atom is -0.381 e. The van der Waals surface area contributed by atoms with Crippen molar-refractivity contribution in [1.82, 2.24) is 10.1 Å². The minimum absolute atomic E-state index is 0.154. The van der Waals surface area contributed by atoms with Crippen LogP contribution in [0.25, 0.3) is 11.3 Å². The number of rotatable bonds is 1. The van der Waals surface area contributed by atoms with Crippen LogP contribution in [0.4, 0.5) is 5.82 Å². The predicted octanol–water partition coefficient (Wildman–Crippen LogP) is 0.921. The first-order valence-corrected chi connectivity index (χ1v) is 4.09. The van der Waals surface area contributed by atoms with E-state index in [1.165, 1.54) is 6.07 Å². The minimum atomic E-state index is -0.154. The Bertz CT molecular complexity index is 493. The maximum absolute atomic E-state index is 10.8. The third kappa shape index (κ3) is 1.28. The topological polar surface area (TPSA) is 84.9 Å². The first-order valence-electron chi connectivity index (χ1n) is 4.09. The molecule has 14 heavy (non-hydrogen) atoms. The summed E-state index contributed by atoms with van der Waals surface area (Å²) in [7, 11) is 0. The summed E-state index contributed by atoms with van der Waals surface area (Å²) in [5.41, 5.74) is 6.91. The molecule has 2 aromatic heterocycles. The Morgan fingerprint density at radius 3 is 2.79 bits per heavy atom. The molecule has 0 unspecified atom stereocenters. The Balaban J connectivity index is 2.55. The number of H-pyrrole nitrogens is 1. The van der Waals surface area contributed by atoms with E-state index >= 15 is 0 Å². The lowest BCUT2D eigenvalue weighted by Gasteiger charge is -1.95. The quantitative estimate of drug-likeness (QED) is 0.701. The van der Waals surface area contributed by atoms with Crippen LogP contribution in [-0.2, 0) is 0 Å². The zero-order valence-electron chi connectivity index (χ0n) is 7.57. The van der Waals surface area contributed by atoms with E-state index in [1.54, 1.807) is 12.3 Å². The van der Waals surface area contributed by atoms with Crippen LogP contribution < -0.4 is 11.3 Å². The Morgan fingerprint density at radius 2 is 2.29 bits per heavy atom. The highest BCUT2D eigenvalue weighted by Gasteiger charge is 2.10. The fraction of sp³-hybridized carbons (Fsp3) is 0.111. The van der Waals surface area contributed by atoms with E-state index in [-0.39, 0.29) is 5.56 Å². The molecule has 72 valence electrons. The molecule has 2 aromatic rings. The number of nitrogens with zero attached hydrogens (tertiary/aromatic N) is 1. The SMILES string of the molecule is Cc1c(N)noc1-c1ccc(=O)[nH]c1. The van der Waals surface area contributed by atoms with Gasteiger partial charge in [0.2, 0.25) is 5.56 Å². The molecule has 0 aliphatic heterocycles. The summed E-state index contributed by atoms with van der Waals surface area (Å²) in [6, 6.07) is 3.08. The summed E-state index contributed by atoms with van der Waals surface area (Å²) in [5, 5.41) is 3.63. The number of anilines is 1. The molecule has 2 heterocycles. The lowest BCUT2D eigenvalue weighted by molar-refractivity contribution is 0.435. The molecule has 0 saturated heterocycles. The van der Waals surface area contributed by atoms with Crippen molar-refractivity contribution in [3.05, 3.63) is 34.2 Å². The second-order valence-electron chi connectivity index (χ2n) is 2.96. The van der Waals surface area contributed by atoms with Gasteiger partial charge < -0.3 is 15.2 Å². The summed E-state index contributed by atoms with van der Waals surface area (Å²) < 4.78 is 5.02. The van der Waals surface area contributed by atoms with Gasteiger partial charge in [-0.1, -0.05) is 5.16 Å². The zero-order chi connectivity index (χ0) is 10.1. The molecule has 0 aliphatic rings. The first-order chi connectivity index (χ1) is 6.68. The highest BCUT2D eigenvalue weighted by atomic mass is 16.5. The molecule has 0 aliphatic carbocycles. The average molecular weight is 191 g/mol. The third-order valence-electron chi connectivity index (χ3n) is 2.01. The van der Waals surface area contributed by atoms with Gasteiger partial charge in [0.05, 0.1) is 0 Å². The number of hydrogen-bond acceptors (Lipinski definition) is 4. The van der Waals surface area contributed by atoms with E-state index in [1.807, 2.05) is 6.92 Å². The van der Waals surface area contributed by atoms with E-state index in [0.717, 1.165) is 11.1 Å². The van der Waals surface area contributed by atoms with Gasteiger partial charge >= 0.3 is 0 Å². The van der Waals surface area contributed by atoms with Gasteiger partial charge in [-0.3, -0.25) is 4.79 Å². The van der Waals surface area contributed by atoms with E-state index < -0.39 is 0 Å². The van der Waals surface area contributed by atoms with Crippen molar-refractivity contribution in [3.63, 3.8) is 0 Å². The molecular weight excluding hydrogens is 182 g/mol. The summed E-state index contributed by atoms with van der Waals surface area (Å²) in [5.74, 6) is 0.949. The van der Waals surface area contributed by atoms with E-state index in [4.69, 9.17) is 10.3 Å². The van der Waals surface area contributed by atoms with Gasteiger partial charge in [0, 0.05) is 23.4 Å². The molecule has 3 N–H and O–H groups in total. The summed E-state index contributed by atoms with van der Waals surface area (Å²) in [4.78, 5) is 13.4. The van der Waals surface area contributed by atoms with Crippen LogP contribution in [0.15, 0.2) is 27.6 Å². The van der Waals surface area contributed by atoms with Gasteiger partial charge in [-0.2, -0.15) is 0 Å². The average Bonchev–Trinajstić information content (AvgIpc) is 2.50. The highest BCUT2D eigenvalue weighted by Crippen LogP contribution is 2.25. The smallest absolute Gasteiger partial charge is 0.247 e. The molecule has 0 atom stereocenters. The second-order valence-corrected chi connectivity index (χ2v) is 2.96. The Hall–Kier alpha value is -2.04. The molecule has 0 fully saturated rings. The molecule has 5 nitrogen and oxygen atoms in total. The highest BCUT2D eigenvalue weighted by molar-refractivity contribution is 5.64. The van der Waals surface area contributed by atoms with Crippen molar-refractivity contribution >= 4 is 5.82 Å². The number of nitrogen functional groups attached to an aromatic ring is 1. The van der Waals surface area contributed by atoms with Crippen LogP contribution in [-0.4, -0.2) is 10.1 Å². The van der Waals surface area contributed by atoms with Gasteiger partial charge in [-0.05, 0) is 13.0 Å². The maximum atomic E-state index is 10.8. The Kier molecular flexibility index (Phi) is 1.85. The van der Waals surface area contributed by atoms with E-state index in [2.05, 4.69) is 10.1 Å². The van der Waals surface area contributed by atoms with Gasteiger partial charge in [0.15, 0.2) is 11.6 Å². The molecule has 0 bridgehead atoms. The van der Waals surface area contributed by atoms with Crippen LogP contribution in [0, 0.1) is 6.92 Å². The fourth-order valence-corrected chi connectivity index (χ4v) is 1.17. The molecule has 0 amide bonds. The number of nitrogens with two attached hydrogens (primary N) is 1. The van der Waals surface area contributed by atoms with E-state index in [0.29, 0.717) is 11.6 Å². The van der Waals surface area contributed by atoms with Gasteiger partial charge in [-0.15, -0.1) is 0 Å². The Morgan fingerprint density at radius 1 is 1.50 bits per heavy atom. The molecule has 2 rings (SSSR count). The first kappa shape index (κ1) is 8.55. The second kappa shape index (κ2) is 3.02. The molecule has 0 spiro atoms.